The van der Waals surface area contributed by atoms with Crippen LogP contribution in [0.2, 0.25) is 0 Å². The van der Waals surface area contributed by atoms with E-state index in [1.807, 2.05) is 6.92 Å². The van der Waals surface area contributed by atoms with E-state index < -0.39 is 33.6 Å². The quantitative estimate of drug-likeness (QED) is 0.347. The highest BCUT2D eigenvalue weighted by Gasteiger charge is 2.47. The van der Waals surface area contributed by atoms with Gasteiger partial charge in [0, 0.05) is 11.3 Å². The number of primary sulfonamides is 1. The maximum absolute atomic E-state index is 13.6. The van der Waals surface area contributed by atoms with Crippen molar-refractivity contribution in [2.45, 2.75) is 17.9 Å². The first-order chi connectivity index (χ1) is 15.6. The number of rotatable bonds is 4. The Morgan fingerprint density at radius 3 is 2.06 bits per heavy atom. The zero-order valence-corrected chi connectivity index (χ0v) is 18.2. The number of ketones is 1. The molecule has 1 atom stereocenters. The summed E-state index contributed by atoms with van der Waals surface area (Å²) in [5, 5.41) is 16.2. The number of aliphatic hydroxyl groups is 1. The van der Waals surface area contributed by atoms with Crippen LogP contribution in [-0.2, 0) is 19.6 Å². The number of nitrogens with two attached hydrogens (primary N) is 1. The van der Waals surface area contributed by atoms with Gasteiger partial charge in [0.2, 0.25) is 10.0 Å². The summed E-state index contributed by atoms with van der Waals surface area (Å²) in [4.78, 5) is 27.1. The van der Waals surface area contributed by atoms with Crippen molar-refractivity contribution in [3.8, 4) is 0 Å². The van der Waals surface area contributed by atoms with Crippen LogP contribution in [0.3, 0.4) is 0 Å². The number of amides is 1. The molecule has 1 unspecified atom stereocenters. The van der Waals surface area contributed by atoms with Crippen LogP contribution < -0.4 is 10.0 Å². The number of Topliss-reactive ketones (excluding diaryl/α,β-unsaturated/α-hetero) is 1. The summed E-state index contributed by atoms with van der Waals surface area (Å²) >= 11 is 0. The van der Waals surface area contributed by atoms with Crippen LogP contribution in [0, 0.1) is 12.7 Å². The number of carbonyl (C=O) groups is 2. The van der Waals surface area contributed by atoms with E-state index in [0.717, 1.165) is 10.5 Å². The molecule has 1 aliphatic rings. The molecule has 168 valence electrons. The average molecular weight is 466 g/mol. The number of hydrogen-bond donors (Lipinski definition) is 2. The highest BCUT2D eigenvalue weighted by atomic mass is 32.2. The minimum Gasteiger partial charge on any atom is -0.507 e. The number of anilines is 1. The predicted molar refractivity (Wildman–Crippen MR) is 120 cm³/mol. The van der Waals surface area contributed by atoms with E-state index in [1.54, 1.807) is 24.3 Å². The first-order valence-corrected chi connectivity index (χ1v) is 11.4. The van der Waals surface area contributed by atoms with Gasteiger partial charge in [-0.25, -0.2) is 17.9 Å². The molecule has 4 rings (SSSR count). The summed E-state index contributed by atoms with van der Waals surface area (Å²) in [5.41, 5.74) is 1.72. The Balaban J connectivity index is 1.91. The van der Waals surface area contributed by atoms with Gasteiger partial charge in [0.1, 0.15) is 11.6 Å². The Kier molecular flexibility index (Phi) is 5.61. The molecule has 7 nitrogen and oxygen atoms in total. The molecule has 3 aromatic carbocycles. The number of nitrogens with zero attached hydrogens (tertiary/aromatic N) is 1. The number of aryl methyl sites for hydroxylation is 1. The third-order valence-electron chi connectivity index (χ3n) is 5.40. The SMILES string of the molecule is Cc1ccc(/C(O)=C2/C(=O)C(=O)N(c3ccc(S(N)(=O)=O)cc3)C2c2ccc(F)cc2)cc1. The van der Waals surface area contributed by atoms with Gasteiger partial charge in [-0.05, 0) is 48.9 Å². The van der Waals surface area contributed by atoms with Gasteiger partial charge < -0.3 is 5.11 Å². The summed E-state index contributed by atoms with van der Waals surface area (Å²) in [6.07, 6.45) is 0. The number of sulfonamides is 1. The molecular formula is C24H19FN2O5S. The molecule has 3 N–H and O–H groups in total. The summed E-state index contributed by atoms with van der Waals surface area (Å²) in [7, 11) is -3.96. The van der Waals surface area contributed by atoms with Gasteiger partial charge in [-0.2, -0.15) is 0 Å². The maximum Gasteiger partial charge on any atom is 0.300 e. The zero-order valence-electron chi connectivity index (χ0n) is 17.4. The lowest BCUT2D eigenvalue weighted by Crippen LogP contribution is -2.29. The van der Waals surface area contributed by atoms with E-state index >= 15 is 0 Å². The maximum atomic E-state index is 13.6. The second-order valence-corrected chi connectivity index (χ2v) is 9.19. The number of halogens is 1. The van der Waals surface area contributed by atoms with Crippen LogP contribution in [0.4, 0.5) is 10.1 Å². The number of hydrogen-bond acceptors (Lipinski definition) is 5. The van der Waals surface area contributed by atoms with E-state index in [0.29, 0.717) is 11.1 Å². The smallest absolute Gasteiger partial charge is 0.300 e. The van der Waals surface area contributed by atoms with Gasteiger partial charge in [0.25, 0.3) is 11.7 Å². The minimum absolute atomic E-state index is 0.161. The van der Waals surface area contributed by atoms with Crippen LogP contribution >= 0.6 is 0 Å². The number of benzene rings is 3. The fourth-order valence-corrected chi connectivity index (χ4v) is 4.24. The normalized spacial score (nSPS) is 18.0. The molecule has 0 bridgehead atoms. The van der Waals surface area contributed by atoms with Gasteiger partial charge in [0.15, 0.2) is 0 Å². The number of carbonyl (C=O) groups excluding carboxylic acids is 2. The molecular weight excluding hydrogens is 447 g/mol. The highest BCUT2D eigenvalue weighted by molar-refractivity contribution is 7.89. The minimum atomic E-state index is -3.96. The standard InChI is InChI=1S/C24H19FN2O5S/c1-14-2-4-16(5-3-14)22(28)20-21(15-6-8-17(25)9-7-15)27(24(30)23(20)29)18-10-12-19(13-11-18)33(26,31)32/h2-13,21,28H,1H3,(H2,26,31,32)/b22-20-. The van der Waals surface area contributed by atoms with E-state index in [1.165, 1.54) is 48.5 Å². The van der Waals surface area contributed by atoms with Crippen molar-refractivity contribution in [1.82, 2.24) is 0 Å². The summed E-state index contributed by atoms with van der Waals surface area (Å²) in [6, 6.07) is 16.0. The topological polar surface area (TPSA) is 118 Å². The Hall–Kier alpha value is -3.82. The molecule has 1 fully saturated rings. The Bertz CT molecular complexity index is 1380. The summed E-state index contributed by atoms with van der Waals surface area (Å²) in [5.74, 6) is -2.71. The third kappa shape index (κ3) is 4.15. The monoisotopic (exact) mass is 466 g/mol. The second-order valence-electron chi connectivity index (χ2n) is 7.63. The molecule has 9 heteroatoms. The predicted octanol–water partition coefficient (Wildman–Crippen LogP) is 3.41. The van der Waals surface area contributed by atoms with E-state index in [2.05, 4.69) is 0 Å². The van der Waals surface area contributed by atoms with Crippen molar-refractivity contribution >= 4 is 33.2 Å². The van der Waals surface area contributed by atoms with Crippen molar-refractivity contribution < 1.29 is 27.5 Å². The highest BCUT2D eigenvalue weighted by Crippen LogP contribution is 2.42. The van der Waals surface area contributed by atoms with Crippen LogP contribution in [0.1, 0.15) is 22.7 Å². The molecule has 0 radical (unpaired) electrons. The molecule has 1 amide bonds. The Morgan fingerprint density at radius 1 is 0.939 bits per heavy atom. The number of aliphatic hydroxyl groups excluding tert-OH is 1. The lowest BCUT2D eigenvalue weighted by Gasteiger charge is -2.25. The lowest BCUT2D eigenvalue weighted by atomic mass is 9.95. The van der Waals surface area contributed by atoms with Gasteiger partial charge in [-0.1, -0.05) is 42.0 Å². The lowest BCUT2D eigenvalue weighted by molar-refractivity contribution is -0.132. The average Bonchev–Trinajstić information content (AvgIpc) is 3.04. The fraction of sp³-hybridized carbons (Fsp3) is 0.0833. The third-order valence-corrected chi connectivity index (χ3v) is 6.33. The van der Waals surface area contributed by atoms with E-state index in [-0.39, 0.29) is 21.9 Å². The first-order valence-electron chi connectivity index (χ1n) is 9.84. The van der Waals surface area contributed by atoms with Gasteiger partial charge in [-0.3, -0.25) is 14.5 Å². The summed E-state index contributed by atoms with van der Waals surface area (Å²) in [6.45, 7) is 1.87. The molecule has 0 spiro atoms. The first kappa shape index (κ1) is 22.4. The largest absolute Gasteiger partial charge is 0.507 e. The van der Waals surface area contributed by atoms with E-state index in [4.69, 9.17) is 5.14 Å². The van der Waals surface area contributed by atoms with Crippen LogP contribution in [0.5, 0.6) is 0 Å². The van der Waals surface area contributed by atoms with Crippen LogP contribution in [0.15, 0.2) is 83.3 Å². The van der Waals surface area contributed by atoms with Crippen molar-refractivity contribution in [3.63, 3.8) is 0 Å². The second kappa shape index (κ2) is 8.27. The molecule has 0 aromatic heterocycles. The molecule has 0 saturated carbocycles. The zero-order chi connectivity index (χ0) is 23.9. The van der Waals surface area contributed by atoms with Crippen molar-refractivity contribution in [1.29, 1.82) is 0 Å². The van der Waals surface area contributed by atoms with Gasteiger partial charge in [-0.15, -0.1) is 0 Å². The van der Waals surface area contributed by atoms with Crippen molar-refractivity contribution in [2.75, 3.05) is 4.90 Å². The fourth-order valence-electron chi connectivity index (χ4n) is 3.72. The molecule has 1 saturated heterocycles. The molecule has 33 heavy (non-hydrogen) atoms. The van der Waals surface area contributed by atoms with Crippen LogP contribution in [-0.4, -0.2) is 25.2 Å². The molecule has 1 aliphatic heterocycles. The van der Waals surface area contributed by atoms with Crippen molar-refractivity contribution in [3.05, 3.63) is 101 Å². The van der Waals surface area contributed by atoms with Gasteiger partial charge in [0.05, 0.1) is 16.5 Å². The van der Waals surface area contributed by atoms with Gasteiger partial charge >= 0.3 is 0 Å². The molecule has 3 aromatic rings. The Morgan fingerprint density at radius 2 is 1.52 bits per heavy atom. The Labute approximate surface area is 189 Å². The molecule has 0 aliphatic carbocycles. The summed E-state index contributed by atoms with van der Waals surface area (Å²) < 4.78 is 36.8. The van der Waals surface area contributed by atoms with Crippen LogP contribution in [0.25, 0.3) is 5.76 Å². The van der Waals surface area contributed by atoms with E-state index in [9.17, 15) is 27.5 Å². The molecule has 1 heterocycles. The van der Waals surface area contributed by atoms with Crippen molar-refractivity contribution in [2.24, 2.45) is 5.14 Å².